The molecule has 0 amide bonds. The molecule has 5 nitrogen and oxygen atoms in total. The zero-order valence-corrected chi connectivity index (χ0v) is 14.5. The van der Waals surface area contributed by atoms with Crippen LogP contribution in [0.1, 0.15) is 19.3 Å². The Labute approximate surface area is 148 Å². The number of terminal acetylenes is 1. The molecule has 2 aromatic carbocycles. The summed E-state index contributed by atoms with van der Waals surface area (Å²) >= 11 is 0. The van der Waals surface area contributed by atoms with Gasteiger partial charge in [-0.25, -0.2) is 13.1 Å². The minimum absolute atomic E-state index is 0.245. The van der Waals surface area contributed by atoms with E-state index in [0.717, 1.165) is 11.1 Å². The summed E-state index contributed by atoms with van der Waals surface area (Å²) < 4.78 is 27.4. The lowest BCUT2D eigenvalue weighted by atomic mass is 10.1. The maximum atomic E-state index is 12.4. The molecular formula is C19H19N3O2S. The minimum atomic E-state index is -3.55. The molecule has 128 valence electrons. The molecule has 0 bridgehead atoms. The summed E-state index contributed by atoms with van der Waals surface area (Å²) in [5, 5.41) is 8.01. The fourth-order valence-corrected chi connectivity index (χ4v) is 3.63. The first-order valence-electron chi connectivity index (χ1n) is 8.07. The maximum absolute atomic E-state index is 12.4. The second-order valence-electron chi connectivity index (χ2n) is 5.92. The predicted molar refractivity (Wildman–Crippen MR) is 97.3 cm³/mol. The van der Waals surface area contributed by atoms with Crippen molar-refractivity contribution < 1.29 is 8.42 Å². The van der Waals surface area contributed by atoms with Gasteiger partial charge in [0.2, 0.25) is 10.0 Å². The van der Waals surface area contributed by atoms with E-state index in [0.29, 0.717) is 19.3 Å². The Morgan fingerprint density at radius 1 is 0.960 bits per heavy atom. The lowest BCUT2D eigenvalue weighted by molar-refractivity contribution is 0.505. The molecule has 0 radical (unpaired) electrons. The zero-order chi connectivity index (χ0) is 17.8. The van der Waals surface area contributed by atoms with Crippen LogP contribution in [-0.4, -0.2) is 20.6 Å². The number of sulfonamides is 1. The van der Waals surface area contributed by atoms with Crippen LogP contribution in [0.2, 0.25) is 0 Å². The summed E-state index contributed by atoms with van der Waals surface area (Å²) in [5.41, 5.74) is 1.54. The average Bonchev–Trinajstić information content (AvgIpc) is 3.41. The highest BCUT2D eigenvalue weighted by Crippen LogP contribution is 2.36. The fourth-order valence-electron chi connectivity index (χ4n) is 2.59. The summed E-state index contributed by atoms with van der Waals surface area (Å²) in [6.07, 6.45) is 7.02. The molecule has 1 aliphatic rings. The molecule has 1 heterocycles. The number of hydrogen-bond donors (Lipinski definition) is 1. The van der Waals surface area contributed by atoms with Crippen molar-refractivity contribution in [1.82, 2.24) is 4.72 Å². The summed E-state index contributed by atoms with van der Waals surface area (Å²) in [6, 6.07) is 16.7. The van der Waals surface area contributed by atoms with Gasteiger partial charge >= 0.3 is 0 Å². The number of nitrogens with one attached hydrogen (secondary N) is 1. The van der Waals surface area contributed by atoms with Gasteiger partial charge in [0.05, 0.1) is 4.90 Å². The van der Waals surface area contributed by atoms with Crippen molar-refractivity contribution in [3.05, 3.63) is 54.6 Å². The fraction of sp³-hybridized carbons (Fsp3) is 0.263. The molecule has 0 aliphatic carbocycles. The SMILES string of the molecule is C#CCCC1(CCNS(=O)(=O)c2ccc(-c3ccccc3)cc2)N=N1. The molecule has 0 fully saturated rings. The van der Waals surface area contributed by atoms with Crippen molar-refractivity contribution >= 4 is 10.0 Å². The van der Waals surface area contributed by atoms with Crippen molar-refractivity contribution in [2.45, 2.75) is 29.8 Å². The van der Waals surface area contributed by atoms with Crippen LogP contribution < -0.4 is 4.72 Å². The molecule has 2 aromatic rings. The Morgan fingerprint density at radius 2 is 1.60 bits per heavy atom. The molecule has 0 atom stereocenters. The maximum Gasteiger partial charge on any atom is 0.240 e. The van der Waals surface area contributed by atoms with Gasteiger partial charge in [0, 0.05) is 25.8 Å². The van der Waals surface area contributed by atoms with Crippen LogP contribution in [0.15, 0.2) is 69.7 Å². The smallest absolute Gasteiger partial charge is 0.211 e. The quantitative estimate of drug-likeness (QED) is 0.737. The summed E-state index contributed by atoms with van der Waals surface area (Å²) in [4.78, 5) is 0.245. The minimum Gasteiger partial charge on any atom is -0.211 e. The van der Waals surface area contributed by atoms with E-state index in [9.17, 15) is 8.42 Å². The molecule has 0 aromatic heterocycles. The van der Waals surface area contributed by atoms with Crippen LogP contribution in [0.3, 0.4) is 0 Å². The van der Waals surface area contributed by atoms with Crippen LogP contribution in [0.25, 0.3) is 11.1 Å². The lowest BCUT2D eigenvalue weighted by Crippen LogP contribution is -2.28. The number of rotatable bonds is 8. The van der Waals surface area contributed by atoms with Crippen molar-refractivity contribution in [1.29, 1.82) is 0 Å². The van der Waals surface area contributed by atoms with Gasteiger partial charge in [0.25, 0.3) is 0 Å². The highest BCUT2D eigenvalue weighted by atomic mass is 32.2. The van der Waals surface area contributed by atoms with Crippen LogP contribution >= 0.6 is 0 Å². The van der Waals surface area contributed by atoms with Gasteiger partial charge in [0.1, 0.15) is 0 Å². The highest BCUT2D eigenvalue weighted by Gasteiger charge is 2.38. The Balaban J connectivity index is 1.60. The van der Waals surface area contributed by atoms with E-state index in [4.69, 9.17) is 6.42 Å². The zero-order valence-electron chi connectivity index (χ0n) is 13.7. The number of nitrogens with zero attached hydrogens (tertiary/aromatic N) is 2. The van der Waals surface area contributed by atoms with Gasteiger partial charge < -0.3 is 0 Å². The third-order valence-corrected chi connectivity index (χ3v) is 5.62. The molecule has 3 rings (SSSR count). The van der Waals surface area contributed by atoms with Gasteiger partial charge in [-0.05, 0) is 23.3 Å². The van der Waals surface area contributed by atoms with Crippen molar-refractivity contribution in [3.63, 3.8) is 0 Å². The second kappa shape index (κ2) is 7.18. The lowest BCUT2D eigenvalue weighted by Gasteiger charge is -2.11. The molecule has 0 unspecified atom stereocenters. The Bertz CT molecular complexity index is 892. The molecule has 0 saturated carbocycles. The van der Waals surface area contributed by atoms with E-state index >= 15 is 0 Å². The van der Waals surface area contributed by atoms with E-state index in [-0.39, 0.29) is 11.4 Å². The molecule has 25 heavy (non-hydrogen) atoms. The van der Waals surface area contributed by atoms with Crippen molar-refractivity contribution in [2.75, 3.05) is 6.54 Å². The van der Waals surface area contributed by atoms with E-state index < -0.39 is 15.7 Å². The Kier molecular flexibility index (Phi) is 4.98. The normalized spacial score (nSPS) is 14.8. The van der Waals surface area contributed by atoms with Gasteiger partial charge in [-0.1, -0.05) is 42.5 Å². The molecule has 1 aliphatic heterocycles. The molecule has 1 N–H and O–H groups in total. The first kappa shape index (κ1) is 17.3. The summed E-state index contributed by atoms with van der Waals surface area (Å²) in [7, 11) is -3.55. The standard InChI is InChI=1S/C19H19N3O2S/c1-2-3-13-19(21-22-19)14-15-20-25(23,24)18-11-9-17(10-12-18)16-7-5-4-6-8-16/h1,4-12,20H,3,13-15H2. The van der Waals surface area contributed by atoms with Gasteiger partial charge in [0.15, 0.2) is 5.66 Å². The van der Waals surface area contributed by atoms with Crippen LogP contribution in [0, 0.1) is 12.3 Å². The first-order chi connectivity index (χ1) is 12.0. The van der Waals surface area contributed by atoms with Gasteiger partial charge in [-0.15, -0.1) is 12.3 Å². The number of benzene rings is 2. The van der Waals surface area contributed by atoms with E-state index in [1.807, 2.05) is 42.5 Å². The largest absolute Gasteiger partial charge is 0.240 e. The predicted octanol–water partition coefficient (Wildman–Crippen LogP) is 3.60. The van der Waals surface area contributed by atoms with Crippen LogP contribution in [-0.2, 0) is 10.0 Å². The van der Waals surface area contributed by atoms with Crippen LogP contribution in [0.4, 0.5) is 0 Å². The van der Waals surface area contributed by atoms with Crippen LogP contribution in [0.5, 0.6) is 0 Å². The van der Waals surface area contributed by atoms with Crippen molar-refractivity contribution in [2.24, 2.45) is 10.2 Å². The molecule has 6 heteroatoms. The van der Waals surface area contributed by atoms with Gasteiger partial charge in [-0.2, -0.15) is 10.2 Å². The highest BCUT2D eigenvalue weighted by molar-refractivity contribution is 7.89. The Hall–Kier alpha value is -2.49. The summed E-state index contributed by atoms with van der Waals surface area (Å²) in [6.45, 7) is 0.278. The third-order valence-electron chi connectivity index (χ3n) is 4.14. The molecule has 0 spiro atoms. The molecular weight excluding hydrogens is 334 g/mol. The molecule has 0 saturated heterocycles. The Morgan fingerprint density at radius 3 is 2.20 bits per heavy atom. The van der Waals surface area contributed by atoms with Gasteiger partial charge in [-0.3, -0.25) is 0 Å². The summed E-state index contributed by atoms with van der Waals surface area (Å²) in [5.74, 6) is 2.56. The topological polar surface area (TPSA) is 70.9 Å². The van der Waals surface area contributed by atoms with E-state index in [1.165, 1.54) is 0 Å². The van der Waals surface area contributed by atoms with Crippen molar-refractivity contribution in [3.8, 4) is 23.5 Å². The first-order valence-corrected chi connectivity index (χ1v) is 9.56. The second-order valence-corrected chi connectivity index (χ2v) is 7.69. The van der Waals surface area contributed by atoms with E-state index in [1.54, 1.807) is 12.1 Å². The average molecular weight is 353 g/mol. The van der Waals surface area contributed by atoms with E-state index in [2.05, 4.69) is 20.9 Å². The number of hydrogen-bond acceptors (Lipinski definition) is 4. The monoisotopic (exact) mass is 353 g/mol. The third kappa shape index (κ3) is 4.32.